The highest BCUT2D eigenvalue weighted by Gasteiger charge is 2.12. The fraction of sp³-hybridized carbons (Fsp3) is 0.188. The number of anilines is 1. The minimum absolute atomic E-state index is 0.181. The van der Waals surface area contributed by atoms with E-state index in [0.717, 1.165) is 11.3 Å². The van der Waals surface area contributed by atoms with Gasteiger partial charge in [-0.05, 0) is 42.8 Å². The molecular weight excluding hydrogens is 272 g/mol. The molecule has 0 aliphatic rings. The Bertz CT molecular complexity index is 656. The third kappa shape index (κ3) is 3.56. The molecule has 21 heavy (non-hydrogen) atoms. The summed E-state index contributed by atoms with van der Waals surface area (Å²) in [7, 11) is 0. The van der Waals surface area contributed by atoms with Gasteiger partial charge in [-0.15, -0.1) is 0 Å². The molecule has 2 aromatic carbocycles. The standard InChI is InChI=1S/C16H17F2N3/c1-2-21(14-5-3-4-12(17)8-14)10-11-6-7-13(18)9-15(11)16(19)20/h3-9H,2,10H2,1H3,(H3,19,20). The number of rotatable bonds is 5. The van der Waals surface area contributed by atoms with Crippen molar-refractivity contribution >= 4 is 11.5 Å². The molecule has 0 bridgehead atoms. The van der Waals surface area contributed by atoms with Gasteiger partial charge in [0, 0.05) is 24.3 Å². The monoisotopic (exact) mass is 289 g/mol. The fourth-order valence-electron chi connectivity index (χ4n) is 2.20. The highest BCUT2D eigenvalue weighted by atomic mass is 19.1. The largest absolute Gasteiger partial charge is 0.384 e. The van der Waals surface area contributed by atoms with Crippen molar-refractivity contribution in [1.29, 1.82) is 5.41 Å². The van der Waals surface area contributed by atoms with Gasteiger partial charge in [0.15, 0.2) is 0 Å². The van der Waals surface area contributed by atoms with Crippen molar-refractivity contribution in [2.45, 2.75) is 13.5 Å². The molecule has 0 aromatic heterocycles. The first-order chi connectivity index (χ1) is 10.0. The zero-order valence-electron chi connectivity index (χ0n) is 11.7. The second-order valence-corrected chi connectivity index (χ2v) is 4.71. The fourth-order valence-corrected chi connectivity index (χ4v) is 2.20. The molecule has 0 aliphatic carbocycles. The van der Waals surface area contributed by atoms with Crippen LogP contribution in [0.4, 0.5) is 14.5 Å². The molecule has 0 radical (unpaired) electrons. The van der Waals surface area contributed by atoms with Crippen LogP contribution >= 0.6 is 0 Å². The van der Waals surface area contributed by atoms with Gasteiger partial charge in [-0.2, -0.15) is 0 Å². The summed E-state index contributed by atoms with van der Waals surface area (Å²) < 4.78 is 26.6. The molecule has 5 heteroatoms. The van der Waals surface area contributed by atoms with Crippen molar-refractivity contribution in [1.82, 2.24) is 0 Å². The van der Waals surface area contributed by atoms with Crippen LogP contribution in [0.2, 0.25) is 0 Å². The number of hydrogen-bond acceptors (Lipinski definition) is 2. The maximum absolute atomic E-state index is 13.3. The van der Waals surface area contributed by atoms with Gasteiger partial charge in [0.05, 0.1) is 0 Å². The summed E-state index contributed by atoms with van der Waals surface area (Å²) in [5.74, 6) is -0.922. The second-order valence-electron chi connectivity index (χ2n) is 4.71. The molecule has 3 N–H and O–H groups in total. The summed E-state index contributed by atoms with van der Waals surface area (Å²) in [6, 6.07) is 10.5. The predicted molar refractivity (Wildman–Crippen MR) is 80.5 cm³/mol. The summed E-state index contributed by atoms with van der Waals surface area (Å²) in [4.78, 5) is 1.93. The first kappa shape index (κ1) is 15.0. The molecule has 110 valence electrons. The van der Waals surface area contributed by atoms with Gasteiger partial charge >= 0.3 is 0 Å². The summed E-state index contributed by atoms with van der Waals surface area (Å²) >= 11 is 0. The van der Waals surface area contributed by atoms with Gasteiger partial charge in [0.25, 0.3) is 0 Å². The van der Waals surface area contributed by atoms with E-state index in [2.05, 4.69) is 0 Å². The molecule has 0 unspecified atom stereocenters. The Morgan fingerprint density at radius 3 is 2.48 bits per heavy atom. The lowest BCUT2D eigenvalue weighted by atomic mass is 10.1. The summed E-state index contributed by atoms with van der Waals surface area (Å²) in [5, 5.41) is 7.55. The van der Waals surface area contributed by atoms with Crippen molar-refractivity contribution in [2.24, 2.45) is 5.73 Å². The molecular formula is C16H17F2N3. The third-order valence-electron chi connectivity index (χ3n) is 3.28. The van der Waals surface area contributed by atoms with E-state index in [9.17, 15) is 8.78 Å². The van der Waals surface area contributed by atoms with Crippen molar-refractivity contribution in [3.63, 3.8) is 0 Å². The molecule has 0 aliphatic heterocycles. The first-order valence-corrected chi connectivity index (χ1v) is 6.64. The number of benzene rings is 2. The van der Waals surface area contributed by atoms with Gasteiger partial charge in [-0.25, -0.2) is 8.78 Å². The smallest absolute Gasteiger partial charge is 0.125 e. The molecule has 0 amide bonds. The molecule has 2 aromatic rings. The van der Waals surface area contributed by atoms with E-state index in [-0.39, 0.29) is 11.7 Å². The number of nitrogen functional groups attached to an aromatic ring is 1. The van der Waals surface area contributed by atoms with Gasteiger partial charge in [0.1, 0.15) is 17.5 Å². The highest BCUT2D eigenvalue weighted by molar-refractivity contribution is 5.96. The second kappa shape index (κ2) is 6.35. The van der Waals surface area contributed by atoms with Gasteiger partial charge in [0.2, 0.25) is 0 Å². The van der Waals surface area contributed by atoms with E-state index in [0.29, 0.717) is 18.7 Å². The molecule has 0 fully saturated rings. The summed E-state index contributed by atoms with van der Waals surface area (Å²) in [6.07, 6.45) is 0. The average molecular weight is 289 g/mol. The Morgan fingerprint density at radius 2 is 1.86 bits per heavy atom. The van der Waals surface area contributed by atoms with E-state index < -0.39 is 5.82 Å². The number of hydrogen-bond donors (Lipinski definition) is 2. The number of nitrogens with one attached hydrogen (secondary N) is 1. The zero-order valence-corrected chi connectivity index (χ0v) is 11.7. The van der Waals surface area contributed by atoms with Crippen LogP contribution < -0.4 is 10.6 Å². The lowest BCUT2D eigenvalue weighted by Gasteiger charge is -2.24. The number of halogens is 2. The lowest BCUT2D eigenvalue weighted by Crippen LogP contribution is -2.24. The number of nitrogens with two attached hydrogens (primary N) is 1. The topological polar surface area (TPSA) is 53.1 Å². The minimum Gasteiger partial charge on any atom is -0.384 e. The van der Waals surface area contributed by atoms with Crippen LogP contribution in [0, 0.1) is 17.0 Å². The van der Waals surface area contributed by atoms with Crippen LogP contribution in [-0.2, 0) is 6.54 Å². The van der Waals surface area contributed by atoms with Crippen molar-refractivity contribution in [3.8, 4) is 0 Å². The van der Waals surface area contributed by atoms with E-state index in [4.69, 9.17) is 11.1 Å². The first-order valence-electron chi connectivity index (χ1n) is 6.64. The minimum atomic E-state index is -0.433. The van der Waals surface area contributed by atoms with Crippen LogP contribution in [0.1, 0.15) is 18.1 Å². The molecule has 3 nitrogen and oxygen atoms in total. The van der Waals surface area contributed by atoms with E-state index >= 15 is 0 Å². The maximum Gasteiger partial charge on any atom is 0.125 e. The molecule has 0 atom stereocenters. The van der Waals surface area contributed by atoms with E-state index in [1.54, 1.807) is 12.1 Å². The van der Waals surface area contributed by atoms with Gasteiger partial charge in [-0.3, -0.25) is 5.41 Å². The lowest BCUT2D eigenvalue weighted by molar-refractivity contribution is 0.625. The van der Waals surface area contributed by atoms with Crippen LogP contribution in [0.25, 0.3) is 0 Å². The Labute approximate surface area is 122 Å². The molecule has 0 spiro atoms. The predicted octanol–water partition coefficient (Wildman–Crippen LogP) is 3.28. The molecule has 0 saturated carbocycles. The van der Waals surface area contributed by atoms with E-state index in [1.807, 2.05) is 17.9 Å². The normalized spacial score (nSPS) is 10.4. The van der Waals surface area contributed by atoms with Crippen LogP contribution in [-0.4, -0.2) is 12.4 Å². The van der Waals surface area contributed by atoms with Crippen LogP contribution in [0.15, 0.2) is 42.5 Å². The average Bonchev–Trinajstić information content (AvgIpc) is 2.45. The summed E-state index contributed by atoms with van der Waals surface area (Å²) in [6.45, 7) is 3.02. The van der Waals surface area contributed by atoms with Crippen LogP contribution in [0.5, 0.6) is 0 Å². The van der Waals surface area contributed by atoms with Crippen molar-refractivity contribution in [3.05, 3.63) is 65.2 Å². The van der Waals surface area contributed by atoms with E-state index in [1.165, 1.54) is 24.3 Å². The van der Waals surface area contributed by atoms with Gasteiger partial charge in [-0.1, -0.05) is 12.1 Å². The Balaban J connectivity index is 2.33. The Morgan fingerprint density at radius 1 is 1.14 bits per heavy atom. The molecule has 0 heterocycles. The SMILES string of the molecule is CCN(Cc1ccc(F)cc1C(=N)N)c1cccc(F)c1. The van der Waals surface area contributed by atoms with Crippen molar-refractivity contribution < 1.29 is 8.78 Å². The van der Waals surface area contributed by atoms with Gasteiger partial charge < -0.3 is 10.6 Å². The molecule has 0 saturated heterocycles. The highest BCUT2D eigenvalue weighted by Crippen LogP contribution is 2.20. The van der Waals surface area contributed by atoms with Crippen molar-refractivity contribution in [2.75, 3.05) is 11.4 Å². The third-order valence-corrected chi connectivity index (χ3v) is 3.28. The quantitative estimate of drug-likeness (QED) is 0.655. The molecule has 2 rings (SSSR count). The number of nitrogens with zero attached hydrogens (tertiary/aromatic N) is 1. The maximum atomic E-state index is 13.3. The Hall–Kier alpha value is -2.43. The van der Waals surface area contributed by atoms with Crippen LogP contribution in [0.3, 0.4) is 0 Å². The zero-order chi connectivity index (χ0) is 15.4. The summed E-state index contributed by atoms with van der Waals surface area (Å²) in [5.41, 5.74) is 7.33. The Kier molecular flexibility index (Phi) is 4.52. The number of amidine groups is 1.